The van der Waals surface area contributed by atoms with E-state index >= 15 is 0 Å². The standard InChI is InChI=1S/C20H19NO4S/c1-22-17-8-12(9-18(23-2)20(17)24-3)15-10-16(25-21-15)14-11-26-19-7-5-4-6-13(14)19/h4-9,11,16H,10H2,1-3H3. The molecule has 0 amide bonds. The Labute approximate surface area is 155 Å². The Morgan fingerprint density at radius 3 is 2.46 bits per heavy atom. The topological polar surface area (TPSA) is 49.3 Å². The summed E-state index contributed by atoms with van der Waals surface area (Å²) in [4.78, 5) is 5.76. The van der Waals surface area contributed by atoms with E-state index in [0.717, 1.165) is 11.3 Å². The van der Waals surface area contributed by atoms with Crippen LogP contribution in [-0.4, -0.2) is 27.0 Å². The summed E-state index contributed by atoms with van der Waals surface area (Å²) < 4.78 is 17.5. The van der Waals surface area contributed by atoms with E-state index in [0.29, 0.717) is 23.7 Å². The Morgan fingerprint density at radius 2 is 1.77 bits per heavy atom. The van der Waals surface area contributed by atoms with Gasteiger partial charge < -0.3 is 19.0 Å². The Morgan fingerprint density at radius 1 is 1.04 bits per heavy atom. The largest absolute Gasteiger partial charge is 0.493 e. The number of fused-ring (bicyclic) bond motifs is 1. The van der Waals surface area contributed by atoms with E-state index in [2.05, 4.69) is 34.8 Å². The third kappa shape index (κ3) is 2.76. The number of oxime groups is 1. The number of thiophene rings is 1. The van der Waals surface area contributed by atoms with Crippen LogP contribution in [0.1, 0.15) is 23.7 Å². The molecule has 0 radical (unpaired) electrons. The summed E-state index contributed by atoms with van der Waals surface area (Å²) in [7, 11) is 4.80. The van der Waals surface area contributed by atoms with Gasteiger partial charge in [-0.2, -0.15) is 0 Å². The first-order valence-electron chi connectivity index (χ1n) is 8.24. The van der Waals surface area contributed by atoms with Crippen molar-refractivity contribution in [2.45, 2.75) is 12.5 Å². The molecule has 1 aliphatic heterocycles. The summed E-state index contributed by atoms with van der Waals surface area (Å²) in [6.45, 7) is 0. The zero-order valence-corrected chi connectivity index (χ0v) is 15.6. The van der Waals surface area contributed by atoms with Crippen LogP contribution in [0.25, 0.3) is 10.1 Å². The molecular weight excluding hydrogens is 350 g/mol. The molecule has 1 aliphatic rings. The van der Waals surface area contributed by atoms with E-state index in [4.69, 9.17) is 19.0 Å². The molecule has 0 fully saturated rings. The molecule has 0 bridgehead atoms. The second kappa shape index (κ2) is 6.88. The van der Waals surface area contributed by atoms with Crippen LogP contribution < -0.4 is 14.2 Å². The maximum atomic E-state index is 5.76. The molecule has 4 rings (SSSR count). The Bertz CT molecular complexity index is 954. The molecule has 3 aromatic rings. The zero-order valence-electron chi connectivity index (χ0n) is 14.8. The number of benzene rings is 2. The second-order valence-electron chi connectivity index (χ2n) is 5.94. The lowest BCUT2D eigenvalue weighted by Gasteiger charge is -2.13. The Kier molecular flexibility index (Phi) is 4.42. The molecule has 1 unspecified atom stereocenters. The van der Waals surface area contributed by atoms with Crippen molar-refractivity contribution in [3.8, 4) is 17.2 Å². The SMILES string of the molecule is COc1cc(C2=NOC(c3csc4ccccc34)C2)cc(OC)c1OC. The van der Waals surface area contributed by atoms with Crippen molar-refractivity contribution >= 4 is 27.1 Å². The number of ether oxygens (including phenoxy) is 3. The van der Waals surface area contributed by atoms with Crippen LogP contribution in [0.4, 0.5) is 0 Å². The zero-order chi connectivity index (χ0) is 18.1. The van der Waals surface area contributed by atoms with Crippen LogP contribution in [0.3, 0.4) is 0 Å². The summed E-state index contributed by atoms with van der Waals surface area (Å²) >= 11 is 1.73. The molecule has 0 saturated carbocycles. The minimum Gasteiger partial charge on any atom is -0.493 e. The quantitative estimate of drug-likeness (QED) is 0.649. The second-order valence-corrected chi connectivity index (χ2v) is 6.85. The normalized spacial score (nSPS) is 16.3. The van der Waals surface area contributed by atoms with Gasteiger partial charge in [-0.1, -0.05) is 23.4 Å². The van der Waals surface area contributed by atoms with E-state index in [9.17, 15) is 0 Å². The average molecular weight is 369 g/mol. The van der Waals surface area contributed by atoms with E-state index in [1.165, 1.54) is 15.6 Å². The van der Waals surface area contributed by atoms with Crippen molar-refractivity contribution in [3.05, 3.63) is 52.9 Å². The first-order valence-corrected chi connectivity index (χ1v) is 9.12. The first-order chi connectivity index (χ1) is 12.7. The summed E-state index contributed by atoms with van der Waals surface area (Å²) in [5, 5.41) is 7.71. The lowest BCUT2D eigenvalue weighted by Crippen LogP contribution is -2.03. The summed E-state index contributed by atoms with van der Waals surface area (Å²) in [6, 6.07) is 12.2. The highest BCUT2D eigenvalue weighted by molar-refractivity contribution is 7.17. The predicted octanol–water partition coefficient (Wildman–Crippen LogP) is 4.79. The molecule has 2 heterocycles. The molecule has 26 heavy (non-hydrogen) atoms. The lowest BCUT2D eigenvalue weighted by atomic mass is 9.99. The van der Waals surface area contributed by atoms with Gasteiger partial charge in [0.25, 0.3) is 0 Å². The van der Waals surface area contributed by atoms with Crippen LogP contribution >= 0.6 is 11.3 Å². The highest BCUT2D eigenvalue weighted by Gasteiger charge is 2.27. The minimum atomic E-state index is -0.0831. The Hall–Kier alpha value is -2.73. The summed E-state index contributed by atoms with van der Waals surface area (Å²) in [5.74, 6) is 1.78. The summed E-state index contributed by atoms with van der Waals surface area (Å²) in [6.07, 6.45) is 0.611. The van der Waals surface area contributed by atoms with Crippen molar-refractivity contribution in [2.75, 3.05) is 21.3 Å². The molecule has 134 valence electrons. The van der Waals surface area contributed by atoms with Crippen LogP contribution in [0.5, 0.6) is 17.2 Å². The fraction of sp³-hybridized carbons (Fsp3) is 0.250. The molecule has 0 saturated heterocycles. The maximum absolute atomic E-state index is 5.76. The third-order valence-electron chi connectivity index (χ3n) is 4.52. The molecule has 0 aliphatic carbocycles. The van der Waals surface area contributed by atoms with E-state index in [-0.39, 0.29) is 6.10 Å². The third-order valence-corrected chi connectivity index (χ3v) is 5.51. The van der Waals surface area contributed by atoms with Crippen molar-refractivity contribution in [2.24, 2.45) is 5.16 Å². The predicted molar refractivity (Wildman–Crippen MR) is 103 cm³/mol. The van der Waals surface area contributed by atoms with E-state index < -0.39 is 0 Å². The fourth-order valence-electron chi connectivity index (χ4n) is 3.21. The highest BCUT2D eigenvalue weighted by atomic mass is 32.1. The fourth-order valence-corrected chi connectivity index (χ4v) is 4.21. The number of hydrogen-bond acceptors (Lipinski definition) is 6. The van der Waals surface area contributed by atoms with Gasteiger partial charge >= 0.3 is 0 Å². The van der Waals surface area contributed by atoms with Crippen molar-refractivity contribution in [1.82, 2.24) is 0 Å². The van der Waals surface area contributed by atoms with Crippen LogP contribution in [0.2, 0.25) is 0 Å². The Balaban J connectivity index is 1.64. The molecule has 0 spiro atoms. The van der Waals surface area contributed by atoms with Gasteiger partial charge in [0, 0.05) is 22.2 Å². The van der Waals surface area contributed by atoms with Gasteiger partial charge in [0.1, 0.15) is 0 Å². The number of hydrogen-bond donors (Lipinski definition) is 0. The molecule has 2 aromatic carbocycles. The molecule has 6 heteroatoms. The van der Waals surface area contributed by atoms with E-state index in [1.54, 1.807) is 32.7 Å². The van der Waals surface area contributed by atoms with Gasteiger partial charge in [0.2, 0.25) is 5.75 Å². The number of nitrogens with zero attached hydrogens (tertiary/aromatic N) is 1. The number of rotatable bonds is 5. The highest BCUT2D eigenvalue weighted by Crippen LogP contribution is 2.41. The maximum Gasteiger partial charge on any atom is 0.203 e. The van der Waals surface area contributed by atoms with Gasteiger partial charge in [0.15, 0.2) is 17.6 Å². The summed E-state index contributed by atoms with van der Waals surface area (Å²) in [5.41, 5.74) is 2.95. The van der Waals surface area contributed by atoms with Gasteiger partial charge in [-0.3, -0.25) is 0 Å². The van der Waals surface area contributed by atoms with Crippen molar-refractivity contribution in [1.29, 1.82) is 0 Å². The van der Waals surface area contributed by atoms with Crippen molar-refractivity contribution < 1.29 is 19.0 Å². The monoisotopic (exact) mass is 369 g/mol. The van der Waals surface area contributed by atoms with E-state index in [1.807, 2.05) is 12.1 Å². The molecule has 1 atom stereocenters. The molecule has 5 nitrogen and oxygen atoms in total. The minimum absolute atomic E-state index is 0.0831. The lowest BCUT2D eigenvalue weighted by molar-refractivity contribution is 0.0870. The average Bonchev–Trinajstić information content (AvgIpc) is 3.33. The van der Waals surface area contributed by atoms with Crippen LogP contribution in [0.15, 0.2) is 46.9 Å². The van der Waals surface area contributed by atoms with Crippen molar-refractivity contribution in [3.63, 3.8) is 0 Å². The first kappa shape index (κ1) is 16.7. The smallest absolute Gasteiger partial charge is 0.203 e. The molecular formula is C20H19NO4S. The molecule has 1 aromatic heterocycles. The molecule has 0 N–H and O–H groups in total. The van der Waals surface area contributed by atoms with Crippen LogP contribution in [-0.2, 0) is 4.84 Å². The van der Waals surface area contributed by atoms with Gasteiger partial charge in [-0.15, -0.1) is 11.3 Å². The number of methoxy groups -OCH3 is 3. The van der Waals surface area contributed by atoms with Gasteiger partial charge in [0.05, 0.1) is 27.0 Å². The van der Waals surface area contributed by atoms with Gasteiger partial charge in [-0.05, 0) is 29.0 Å². The van der Waals surface area contributed by atoms with Gasteiger partial charge in [-0.25, -0.2) is 0 Å². The van der Waals surface area contributed by atoms with Crippen LogP contribution in [0, 0.1) is 0 Å².